The van der Waals surface area contributed by atoms with Crippen LogP contribution in [0.4, 0.5) is 5.69 Å². The molecule has 0 fully saturated rings. The molecule has 0 aliphatic heterocycles. The highest BCUT2D eigenvalue weighted by Gasteiger charge is 2.13. The second-order valence-electron chi connectivity index (χ2n) is 5.21. The van der Waals surface area contributed by atoms with E-state index < -0.39 is 0 Å². The van der Waals surface area contributed by atoms with Crippen LogP contribution in [0.25, 0.3) is 0 Å². The van der Waals surface area contributed by atoms with Gasteiger partial charge in [-0.05, 0) is 25.2 Å². The van der Waals surface area contributed by atoms with Gasteiger partial charge in [0.15, 0.2) is 0 Å². The molecule has 0 aliphatic rings. The van der Waals surface area contributed by atoms with Gasteiger partial charge in [0.25, 0.3) is 0 Å². The van der Waals surface area contributed by atoms with E-state index in [4.69, 9.17) is 4.74 Å². The van der Waals surface area contributed by atoms with Crippen molar-refractivity contribution in [3.8, 4) is 5.75 Å². The zero-order chi connectivity index (χ0) is 15.8. The largest absolute Gasteiger partial charge is 0.489 e. The average Bonchev–Trinajstić information content (AvgIpc) is 2.55. The van der Waals surface area contributed by atoms with Crippen molar-refractivity contribution < 1.29 is 9.53 Å². The lowest BCUT2D eigenvalue weighted by Crippen LogP contribution is -2.29. The lowest BCUT2D eigenvalue weighted by molar-refractivity contribution is -0.119. The van der Waals surface area contributed by atoms with Crippen LogP contribution in [0, 0.1) is 5.92 Å². The molecule has 2 rings (SSSR count). The van der Waals surface area contributed by atoms with Crippen LogP contribution in [0.5, 0.6) is 5.75 Å². The van der Waals surface area contributed by atoms with Gasteiger partial charge in [0.1, 0.15) is 12.4 Å². The van der Waals surface area contributed by atoms with Gasteiger partial charge in [0.2, 0.25) is 5.91 Å². The molecular formula is C18H22N2O2. The maximum Gasteiger partial charge on any atom is 0.228 e. The normalized spacial score (nSPS) is 11.7. The first kappa shape index (κ1) is 16.0. The minimum Gasteiger partial charge on any atom is -0.489 e. The van der Waals surface area contributed by atoms with Gasteiger partial charge >= 0.3 is 0 Å². The summed E-state index contributed by atoms with van der Waals surface area (Å²) < 4.78 is 5.76. The van der Waals surface area contributed by atoms with E-state index in [2.05, 4.69) is 10.6 Å². The van der Waals surface area contributed by atoms with Gasteiger partial charge in [-0.1, -0.05) is 43.3 Å². The van der Waals surface area contributed by atoms with Gasteiger partial charge in [-0.2, -0.15) is 0 Å². The van der Waals surface area contributed by atoms with E-state index in [0.717, 1.165) is 17.0 Å². The van der Waals surface area contributed by atoms with Crippen molar-refractivity contribution in [2.75, 3.05) is 18.9 Å². The third kappa shape index (κ3) is 4.60. The number of para-hydroxylation sites is 2. The molecule has 1 amide bonds. The highest BCUT2D eigenvalue weighted by molar-refractivity contribution is 5.93. The molecule has 1 unspecified atom stereocenters. The lowest BCUT2D eigenvalue weighted by atomic mass is 10.1. The molecule has 0 aromatic heterocycles. The molecule has 1 atom stereocenters. The van der Waals surface area contributed by atoms with Crippen molar-refractivity contribution in [2.45, 2.75) is 13.5 Å². The van der Waals surface area contributed by atoms with Crippen LogP contribution < -0.4 is 15.4 Å². The summed E-state index contributed by atoms with van der Waals surface area (Å²) in [6.07, 6.45) is 0. The Morgan fingerprint density at radius 1 is 1.09 bits per heavy atom. The molecular weight excluding hydrogens is 276 g/mol. The van der Waals surface area contributed by atoms with Gasteiger partial charge < -0.3 is 15.4 Å². The third-order valence-electron chi connectivity index (χ3n) is 3.37. The predicted octanol–water partition coefficient (Wildman–Crippen LogP) is 3.06. The molecule has 116 valence electrons. The minimum atomic E-state index is -0.0897. The summed E-state index contributed by atoms with van der Waals surface area (Å²) in [6.45, 7) is 2.96. The summed E-state index contributed by atoms with van der Waals surface area (Å²) in [6, 6.07) is 17.3. The number of ether oxygens (including phenoxy) is 1. The van der Waals surface area contributed by atoms with Crippen LogP contribution in [0.2, 0.25) is 0 Å². The number of rotatable bonds is 7. The van der Waals surface area contributed by atoms with Crippen LogP contribution in [0.1, 0.15) is 12.5 Å². The molecule has 0 bridgehead atoms. The van der Waals surface area contributed by atoms with Crippen molar-refractivity contribution in [2.24, 2.45) is 5.92 Å². The Balaban J connectivity index is 2.02. The molecule has 2 aromatic rings. The van der Waals surface area contributed by atoms with E-state index in [1.54, 1.807) is 0 Å². The van der Waals surface area contributed by atoms with E-state index in [9.17, 15) is 4.79 Å². The quantitative estimate of drug-likeness (QED) is 0.826. The molecule has 2 N–H and O–H groups in total. The van der Waals surface area contributed by atoms with E-state index in [1.165, 1.54) is 0 Å². The summed E-state index contributed by atoms with van der Waals surface area (Å²) in [5.74, 6) is 0.724. The summed E-state index contributed by atoms with van der Waals surface area (Å²) in [7, 11) is 1.84. The predicted molar refractivity (Wildman–Crippen MR) is 88.9 cm³/mol. The van der Waals surface area contributed by atoms with Crippen molar-refractivity contribution in [3.63, 3.8) is 0 Å². The SMILES string of the molecule is CNCC(C)C(=O)Nc1ccccc1COc1ccccc1. The van der Waals surface area contributed by atoms with Crippen molar-refractivity contribution >= 4 is 11.6 Å². The monoisotopic (exact) mass is 298 g/mol. The van der Waals surface area contributed by atoms with Crippen LogP contribution in [0.3, 0.4) is 0 Å². The molecule has 0 saturated carbocycles. The van der Waals surface area contributed by atoms with Gasteiger partial charge in [0, 0.05) is 23.7 Å². The first-order valence-electron chi connectivity index (χ1n) is 7.42. The zero-order valence-corrected chi connectivity index (χ0v) is 13.0. The Bertz CT molecular complexity index is 599. The first-order chi connectivity index (χ1) is 10.7. The molecule has 0 spiro atoms. The molecule has 0 saturated heterocycles. The fourth-order valence-electron chi connectivity index (χ4n) is 2.10. The highest BCUT2D eigenvalue weighted by atomic mass is 16.5. The molecule has 0 heterocycles. The number of benzene rings is 2. The van der Waals surface area contributed by atoms with Crippen molar-refractivity contribution in [3.05, 3.63) is 60.2 Å². The standard InChI is InChI=1S/C18H22N2O2/c1-14(12-19-2)18(21)20-17-11-7-6-8-15(17)13-22-16-9-4-3-5-10-16/h3-11,14,19H,12-13H2,1-2H3,(H,20,21). The number of hydrogen-bond donors (Lipinski definition) is 2. The van der Waals surface area contributed by atoms with Gasteiger partial charge in [-0.3, -0.25) is 4.79 Å². The topological polar surface area (TPSA) is 50.4 Å². The fourth-order valence-corrected chi connectivity index (χ4v) is 2.10. The van der Waals surface area contributed by atoms with Crippen molar-refractivity contribution in [1.82, 2.24) is 5.32 Å². The smallest absolute Gasteiger partial charge is 0.228 e. The van der Waals surface area contributed by atoms with Crippen molar-refractivity contribution in [1.29, 1.82) is 0 Å². The van der Waals surface area contributed by atoms with Crippen LogP contribution >= 0.6 is 0 Å². The zero-order valence-electron chi connectivity index (χ0n) is 13.0. The molecule has 4 heteroatoms. The number of anilines is 1. The number of carbonyl (C=O) groups excluding carboxylic acids is 1. The third-order valence-corrected chi connectivity index (χ3v) is 3.37. The molecule has 0 aliphatic carbocycles. The van der Waals surface area contributed by atoms with Crippen LogP contribution in [-0.4, -0.2) is 19.5 Å². The Morgan fingerprint density at radius 3 is 2.50 bits per heavy atom. The number of hydrogen-bond acceptors (Lipinski definition) is 3. The Morgan fingerprint density at radius 2 is 1.77 bits per heavy atom. The lowest BCUT2D eigenvalue weighted by Gasteiger charge is -2.15. The number of amides is 1. The highest BCUT2D eigenvalue weighted by Crippen LogP contribution is 2.19. The minimum absolute atomic E-state index is 0.00140. The molecule has 4 nitrogen and oxygen atoms in total. The summed E-state index contributed by atoms with van der Waals surface area (Å²) in [5.41, 5.74) is 1.75. The second kappa shape index (κ2) is 8.20. The van der Waals surface area contributed by atoms with E-state index >= 15 is 0 Å². The van der Waals surface area contributed by atoms with E-state index in [1.807, 2.05) is 68.6 Å². The Hall–Kier alpha value is -2.33. The maximum absolute atomic E-state index is 12.1. The van der Waals surface area contributed by atoms with E-state index in [0.29, 0.717) is 13.2 Å². The molecule has 2 aromatic carbocycles. The van der Waals surface area contributed by atoms with Gasteiger partial charge in [0.05, 0.1) is 0 Å². The summed E-state index contributed by atoms with van der Waals surface area (Å²) >= 11 is 0. The fraction of sp³-hybridized carbons (Fsp3) is 0.278. The van der Waals surface area contributed by atoms with Gasteiger partial charge in [-0.15, -0.1) is 0 Å². The number of nitrogens with one attached hydrogen (secondary N) is 2. The van der Waals surface area contributed by atoms with Crippen LogP contribution in [-0.2, 0) is 11.4 Å². The van der Waals surface area contributed by atoms with E-state index in [-0.39, 0.29) is 11.8 Å². The van der Waals surface area contributed by atoms with Crippen LogP contribution in [0.15, 0.2) is 54.6 Å². The first-order valence-corrected chi connectivity index (χ1v) is 7.42. The van der Waals surface area contributed by atoms with Gasteiger partial charge in [-0.25, -0.2) is 0 Å². The Labute approximate surface area is 131 Å². The maximum atomic E-state index is 12.1. The number of carbonyl (C=O) groups is 1. The average molecular weight is 298 g/mol. The molecule has 22 heavy (non-hydrogen) atoms. The summed E-state index contributed by atoms with van der Waals surface area (Å²) in [5, 5.41) is 5.98. The summed E-state index contributed by atoms with van der Waals surface area (Å²) in [4.78, 5) is 12.1. The Kier molecular flexibility index (Phi) is 5.98. The second-order valence-corrected chi connectivity index (χ2v) is 5.21. The molecule has 0 radical (unpaired) electrons.